The topological polar surface area (TPSA) is 84.0 Å². The SMILES string of the molecule is O=S(=O)(Nc1ccc(NCc2cccnc2)cn1)c1ccc(Cl)s1. The van der Waals surface area contributed by atoms with E-state index in [2.05, 4.69) is 20.0 Å². The van der Waals surface area contributed by atoms with Gasteiger partial charge >= 0.3 is 0 Å². The van der Waals surface area contributed by atoms with Crippen molar-refractivity contribution in [1.82, 2.24) is 9.97 Å². The van der Waals surface area contributed by atoms with Crippen LogP contribution in [0.5, 0.6) is 0 Å². The highest BCUT2D eigenvalue weighted by Gasteiger charge is 2.17. The Balaban J connectivity index is 1.64. The molecule has 6 nitrogen and oxygen atoms in total. The van der Waals surface area contributed by atoms with Crippen molar-refractivity contribution in [1.29, 1.82) is 0 Å². The van der Waals surface area contributed by atoms with Crippen molar-refractivity contribution in [2.24, 2.45) is 0 Å². The number of hydrogen-bond donors (Lipinski definition) is 2. The third kappa shape index (κ3) is 4.22. The highest BCUT2D eigenvalue weighted by Crippen LogP contribution is 2.27. The summed E-state index contributed by atoms with van der Waals surface area (Å²) >= 11 is 6.77. The Hall–Kier alpha value is -2.16. The maximum atomic E-state index is 12.2. The maximum absolute atomic E-state index is 12.2. The van der Waals surface area contributed by atoms with Crippen molar-refractivity contribution in [2.45, 2.75) is 10.8 Å². The highest BCUT2D eigenvalue weighted by molar-refractivity contribution is 7.94. The number of sulfonamides is 1. The standard InChI is InChI=1S/C15H13ClN4O2S2/c16-13-4-6-15(23-13)24(21,22)20-14-5-3-12(10-19-14)18-9-11-2-1-7-17-8-11/h1-8,10,18H,9H2,(H,19,20). The lowest BCUT2D eigenvalue weighted by atomic mass is 10.3. The van der Waals surface area contributed by atoms with Crippen LogP contribution in [0.4, 0.5) is 11.5 Å². The fourth-order valence-electron chi connectivity index (χ4n) is 1.90. The van der Waals surface area contributed by atoms with Crippen molar-refractivity contribution >= 4 is 44.5 Å². The molecular formula is C15H13ClN4O2S2. The molecule has 3 heterocycles. The molecule has 0 saturated heterocycles. The van der Waals surface area contributed by atoms with Crippen molar-refractivity contribution < 1.29 is 8.42 Å². The molecule has 124 valence electrons. The van der Waals surface area contributed by atoms with E-state index in [0.29, 0.717) is 10.9 Å². The van der Waals surface area contributed by atoms with E-state index in [4.69, 9.17) is 11.6 Å². The van der Waals surface area contributed by atoms with Gasteiger partial charge in [0.15, 0.2) is 0 Å². The average Bonchev–Trinajstić information content (AvgIpc) is 3.02. The molecule has 0 atom stereocenters. The number of nitrogens with zero attached hydrogens (tertiary/aromatic N) is 2. The third-order valence-electron chi connectivity index (χ3n) is 3.04. The Labute approximate surface area is 148 Å². The van der Waals surface area contributed by atoms with Gasteiger partial charge in [0.2, 0.25) is 0 Å². The quantitative estimate of drug-likeness (QED) is 0.682. The van der Waals surface area contributed by atoms with Gasteiger partial charge in [-0.15, -0.1) is 11.3 Å². The first-order chi connectivity index (χ1) is 11.5. The second-order valence-electron chi connectivity index (χ2n) is 4.81. The van der Waals surface area contributed by atoms with E-state index >= 15 is 0 Å². The van der Waals surface area contributed by atoms with Gasteiger partial charge in [0.25, 0.3) is 10.0 Å². The van der Waals surface area contributed by atoms with Gasteiger partial charge in [-0.05, 0) is 35.9 Å². The number of nitrogens with one attached hydrogen (secondary N) is 2. The van der Waals surface area contributed by atoms with Crippen LogP contribution >= 0.6 is 22.9 Å². The zero-order valence-corrected chi connectivity index (χ0v) is 14.7. The monoisotopic (exact) mass is 380 g/mol. The Kier molecular flexibility index (Phi) is 4.98. The first-order valence-electron chi connectivity index (χ1n) is 6.90. The molecule has 9 heteroatoms. The van der Waals surface area contributed by atoms with Gasteiger partial charge in [-0.3, -0.25) is 9.71 Å². The second-order valence-corrected chi connectivity index (χ2v) is 8.44. The zero-order valence-electron chi connectivity index (χ0n) is 12.3. The molecule has 0 radical (unpaired) electrons. The van der Waals surface area contributed by atoms with E-state index in [0.717, 1.165) is 22.6 Å². The fraction of sp³-hybridized carbons (Fsp3) is 0.0667. The second kappa shape index (κ2) is 7.16. The lowest BCUT2D eigenvalue weighted by molar-refractivity contribution is 0.603. The number of thiophene rings is 1. The van der Waals surface area contributed by atoms with Gasteiger partial charge in [-0.2, -0.15) is 0 Å². The van der Waals surface area contributed by atoms with E-state index in [-0.39, 0.29) is 10.0 Å². The van der Waals surface area contributed by atoms with Crippen LogP contribution in [0, 0.1) is 0 Å². The van der Waals surface area contributed by atoms with E-state index in [1.807, 2.05) is 12.1 Å². The van der Waals surface area contributed by atoms with E-state index in [1.54, 1.807) is 36.8 Å². The smallest absolute Gasteiger partial charge is 0.272 e. The number of rotatable bonds is 6. The summed E-state index contributed by atoms with van der Waals surface area (Å²) < 4.78 is 27.4. The van der Waals surface area contributed by atoms with Gasteiger partial charge in [-0.1, -0.05) is 17.7 Å². The van der Waals surface area contributed by atoms with Crippen LogP contribution in [-0.4, -0.2) is 18.4 Å². The molecule has 0 aliphatic carbocycles. The molecule has 0 aliphatic rings. The molecule has 0 fully saturated rings. The summed E-state index contributed by atoms with van der Waals surface area (Å²) in [5, 5.41) is 3.19. The molecule has 3 rings (SSSR count). The minimum atomic E-state index is -3.67. The van der Waals surface area contributed by atoms with Gasteiger partial charge in [0.1, 0.15) is 10.0 Å². The third-order valence-corrected chi connectivity index (χ3v) is 6.11. The molecule has 3 aromatic rings. The summed E-state index contributed by atoms with van der Waals surface area (Å²) in [7, 11) is -3.67. The van der Waals surface area contributed by atoms with Crippen LogP contribution in [0.15, 0.2) is 59.2 Å². The van der Waals surface area contributed by atoms with Gasteiger partial charge in [-0.25, -0.2) is 13.4 Å². The molecule has 0 amide bonds. The zero-order chi connectivity index (χ0) is 17.0. The lowest BCUT2D eigenvalue weighted by Gasteiger charge is -2.08. The molecule has 0 unspecified atom stereocenters. The maximum Gasteiger partial charge on any atom is 0.272 e. The normalized spacial score (nSPS) is 11.2. The Morgan fingerprint density at radius 2 is 2.00 bits per heavy atom. The van der Waals surface area contributed by atoms with Gasteiger partial charge in [0.05, 0.1) is 16.2 Å². The van der Waals surface area contributed by atoms with E-state index < -0.39 is 10.0 Å². The number of hydrogen-bond acceptors (Lipinski definition) is 6. The van der Waals surface area contributed by atoms with Crippen LogP contribution in [0.3, 0.4) is 0 Å². The molecule has 3 aromatic heterocycles. The van der Waals surface area contributed by atoms with Crippen LogP contribution in [0.2, 0.25) is 4.34 Å². The summed E-state index contributed by atoms with van der Waals surface area (Å²) in [6.07, 6.45) is 5.05. The first-order valence-corrected chi connectivity index (χ1v) is 9.58. The minimum Gasteiger partial charge on any atom is -0.380 e. The first kappa shape index (κ1) is 16.7. The molecule has 24 heavy (non-hydrogen) atoms. The summed E-state index contributed by atoms with van der Waals surface area (Å²) in [5.74, 6) is 0.242. The summed E-state index contributed by atoms with van der Waals surface area (Å²) in [6.45, 7) is 0.605. The predicted molar refractivity (Wildman–Crippen MR) is 95.9 cm³/mol. The van der Waals surface area contributed by atoms with Crippen LogP contribution < -0.4 is 10.0 Å². The minimum absolute atomic E-state index is 0.146. The van der Waals surface area contributed by atoms with E-state index in [1.165, 1.54) is 6.07 Å². The molecule has 0 spiro atoms. The van der Waals surface area contributed by atoms with Crippen LogP contribution in [0.1, 0.15) is 5.56 Å². The number of halogens is 1. The number of pyridine rings is 2. The molecular weight excluding hydrogens is 368 g/mol. The largest absolute Gasteiger partial charge is 0.380 e. The van der Waals surface area contributed by atoms with Crippen LogP contribution in [-0.2, 0) is 16.6 Å². The number of anilines is 2. The Bertz CT molecular complexity index is 912. The van der Waals surface area contributed by atoms with Crippen molar-refractivity contribution in [3.8, 4) is 0 Å². The molecule has 0 bridgehead atoms. The van der Waals surface area contributed by atoms with Crippen molar-refractivity contribution in [3.63, 3.8) is 0 Å². The Morgan fingerprint density at radius 3 is 2.62 bits per heavy atom. The number of aromatic nitrogens is 2. The lowest BCUT2D eigenvalue weighted by Crippen LogP contribution is -2.12. The molecule has 2 N–H and O–H groups in total. The predicted octanol–water partition coefficient (Wildman–Crippen LogP) is 3.60. The molecule has 0 aliphatic heterocycles. The molecule has 0 saturated carbocycles. The summed E-state index contributed by atoms with van der Waals surface area (Å²) in [4.78, 5) is 8.15. The molecule has 0 aromatic carbocycles. The fourth-order valence-corrected chi connectivity index (χ4v) is 4.39. The van der Waals surface area contributed by atoms with Crippen molar-refractivity contribution in [2.75, 3.05) is 10.0 Å². The van der Waals surface area contributed by atoms with Gasteiger partial charge in [0, 0.05) is 18.9 Å². The summed E-state index contributed by atoms with van der Waals surface area (Å²) in [6, 6.07) is 10.2. The van der Waals surface area contributed by atoms with Crippen LogP contribution in [0.25, 0.3) is 0 Å². The van der Waals surface area contributed by atoms with Crippen molar-refractivity contribution in [3.05, 3.63) is 64.9 Å². The summed E-state index contributed by atoms with van der Waals surface area (Å²) in [5.41, 5.74) is 1.82. The highest BCUT2D eigenvalue weighted by atomic mass is 35.5. The van der Waals surface area contributed by atoms with E-state index in [9.17, 15) is 8.42 Å². The average molecular weight is 381 g/mol. The Morgan fingerprint density at radius 1 is 1.12 bits per heavy atom. The van der Waals surface area contributed by atoms with Gasteiger partial charge < -0.3 is 5.32 Å².